The van der Waals surface area contributed by atoms with Gasteiger partial charge in [0.2, 0.25) is 0 Å². The van der Waals surface area contributed by atoms with Gasteiger partial charge in [-0.25, -0.2) is 4.98 Å². The van der Waals surface area contributed by atoms with Gasteiger partial charge in [-0.15, -0.1) is 11.3 Å². The lowest BCUT2D eigenvalue weighted by Gasteiger charge is -2.12. The van der Waals surface area contributed by atoms with E-state index in [2.05, 4.69) is 11.6 Å². The standard InChI is InChI=1S/C17H19NO2S/c1-12(2)11-20-16-8-13(3)4-5-14(16)9-15(19)10-17-18-6-7-21-17/h4-8H,1,9-11H2,2-3H3. The lowest BCUT2D eigenvalue weighted by atomic mass is 10.0. The van der Waals surface area contributed by atoms with E-state index in [-0.39, 0.29) is 5.78 Å². The number of ether oxygens (including phenoxy) is 1. The number of aryl methyl sites for hydroxylation is 1. The molecule has 0 spiro atoms. The average Bonchev–Trinajstić information content (AvgIpc) is 2.91. The average molecular weight is 301 g/mol. The summed E-state index contributed by atoms with van der Waals surface area (Å²) in [5.74, 6) is 0.916. The Hall–Kier alpha value is -1.94. The number of benzene rings is 1. The summed E-state index contributed by atoms with van der Waals surface area (Å²) in [4.78, 5) is 16.3. The van der Waals surface area contributed by atoms with Crippen LogP contribution in [0.1, 0.15) is 23.1 Å². The Morgan fingerprint density at radius 2 is 2.19 bits per heavy atom. The van der Waals surface area contributed by atoms with Crippen molar-refractivity contribution in [2.24, 2.45) is 0 Å². The predicted octanol–water partition coefficient (Wildman–Crippen LogP) is 3.76. The van der Waals surface area contributed by atoms with Crippen molar-refractivity contribution in [3.63, 3.8) is 0 Å². The second-order valence-corrected chi connectivity index (χ2v) is 6.15. The number of thiazole rings is 1. The van der Waals surface area contributed by atoms with Crippen molar-refractivity contribution in [2.45, 2.75) is 26.7 Å². The number of nitrogens with zero attached hydrogens (tertiary/aromatic N) is 1. The highest BCUT2D eigenvalue weighted by atomic mass is 32.1. The van der Waals surface area contributed by atoms with Gasteiger partial charge in [-0.2, -0.15) is 0 Å². The van der Waals surface area contributed by atoms with Gasteiger partial charge in [-0.3, -0.25) is 4.79 Å². The smallest absolute Gasteiger partial charge is 0.144 e. The Balaban J connectivity index is 2.07. The maximum Gasteiger partial charge on any atom is 0.144 e. The fourth-order valence-corrected chi connectivity index (χ4v) is 2.57. The van der Waals surface area contributed by atoms with E-state index in [4.69, 9.17) is 4.74 Å². The molecule has 0 aliphatic heterocycles. The van der Waals surface area contributed by atoms with Crippen molar-refractivity contribution in [1.29, 1.82) is 0 Å². The van der Waals surface area contributed by atoms with Crippen LogP contribution in [0.4, 0.5) is 0 Å². The van der Waals surface area contributed by atoms with Gasteiger partial charge in [0.1, 0.15) is 18.1 Å². The molecule has 0 bridgehead atoms. The summed E-state index contributed by atoms with van der Waals surface area (Å²) in [5, 5.41) is 2.74. The van der Waals surface area contributed by atoms with Crippen LogP contribution >= 0.6 is 11.3 Å². The second kappa shape index (κ2) is 7.18. The number of hydrogen-bond donors (Lipinski definition) is 0. The summed E-state index contributed by atoms with van der Waals surface area (Å²) in [5.41, 5.74) is 2.99. The number of aromatic nitrogens is 1. The zero-order valence-corrected chi connectivity index (χ0v) is 13.2. The number of carbonyl (C=O) groups excluding carboxylic acids is 1. The van der Waals surface area contributed by atoms with Crippen molar-refractivity contribution in [3.05, 3.63) is 58.1 Å². The molecule has 0 saturated carbocycles. The van der Waals surface area contributed by atoms with Crippen LogP contribution in [0.3, 0.4) is 0 Å². The first-order valence-electron chi connectivity index (χ1n) is 6.81. The van der Waals surface area contributed by atoms with Crippen LogP contribution in [-0.2, 0) is 17.6 Å². The normalized spacial score (nSPS) is 10.4. The van der Waals surface area contributed by atoms with E-state index in [0.717, 1.165) is 27.5 Å². The Kier molecular flexibility index (Phi) is 5.28. The topological polar surface area (TPSA) is 39.2 Å². The summed E-state index contributed by atoms with van der Waals surface area (Å²) < 4.78 is 5.75. The minimum Gasteiger partial charge on any atom is -0.489 e. The highest BCUT2D eigenvalue weighted by Gasteiger charge is 2.11. The van der Waals surface area contributed by atoms with Crippen molar-refractivity contribution in [2.75, 3.05) is 6.61 Å². The first-order valence-corrected chi connectivity index (χ1v) is 7.69. The van der Waals surface area contributed by atoms with Crippen molar-refractivity contribution < 1.29 is 9.53 Å². The van der Waals surface area contributed by atoms with Crippen LogP contribution in [0, 0.1) is 6.92 Å². The molecule has 1 aromatic heterocycles. The molecule has 1 aromatic carbocycles. The number of carbonyl (C=O) groups is 1. The van der Waals surface area contributed by atoms with E-state index >= 15 is 0 Å². The molecule has 0 atom stereocenters. The quantitative estimate of drug-likeness (QED) is 0.731. The SMILES string of the molecule is C=C(C)COc1cc(C)ccc1CC(=O)Cc1nccs1. The van der Waals surface area contributed by atoms with Crippen LogP contribution in [0.25, 0.3) is 0 Å². The minimum absolute atomic E-state index is 0.147. The zero-order valence-electron chi connectivity index (χ0n) is 12.4. The molecule has 0 amide bonds. The maximum atomic E-state index is 12.1. The minimum atomic E-state index is 0.147. The molecule has 3 nitrogen and oxygen atoms in total. The number of hydrogen-bond acceptors (Lipinski definition) is 4. The second-order valence-electron chi connectivity index (χ2n) is 5.18. The molecule has 0 aliphatic carbocycles. The fourth-order valence-electron chi connectivity index (χ4n) is 1.93. The highest BCUT2D eigenvalue weighted by Crippen LogP contribution is 2.22. The summed E-state index contributed by atoms with van der Waals surface area (Å²) in [6, 6.07) is 5.93. The molecule has 4 heteroatoms. The van der Waals surface area contributed by atoms with Gasteiger partial charge >= 0.3 is 0 Å². The molecular formula is C17H19NO2S. The van der Waals surface area contributed by atoms with Crippen molar-refractivity contribution in [1.82, 2.24) is 4.98 Å². The van der Waals surface area contributed by atoms with Crippen LogP contribution in [0.15, 0.2) is 41.9 Å². The van der Waals surface area contributed by atoms with Crippen LogP contribution in [0.5, 0.6) is 5.75 Å². The maximum absolute atomic E-state index is 12.1. The third-order valence-electron chi connectivity index (χ3n) is 2.92. The van der Waals surface area contributed by atoms with E-state index in [1.54, 1.807) is 6.20 Å². The Morgan fingerprint density at radius 1 is 1.38 bits per heavy atom. The highest BCUT2D eigenvalue weighted by molar-refractivity contribution is 7.09. The van der Waals surface area contributed by atoms with Crippen molar-refractivity contribution in [3.8, 4) is 5.75 Å². The van der Waals surface area contributed by atoms with E-state index in [9.17, 15) is 4.79 Å². The number of rotatable bonds is 7. The van der Waals surface area contributed by atoms with E-state index < -0.39 is 0 Å². The van der Waals surface area contributed by atoms with Crippen LogP contribution < -0.4 is 4.74 Å². The van der Waals surface area contributed by atoms with Gasteiger partial charge in [0, 0.05) is 23.6 Å². The first kappa shape index (κ1) is 15.4. The van der Waals surface area contributed by atoms with Gasteiger partial charge in [0.15, 0.2) is 0 Å². The molecule has 0 N–H and O–H groups in total. The van der Waals surface area contributed by atoms with Gasteiger partial charge < -0.3 is 4.74 Å². The third kappa shape index (κ3) is 4.83. The Morgan fingerprint density at radius 3 is 2.86 bits per heavy atom. The summed E-state index contributed by atoms with van der Waals surface area (Å²) in [6.45, 7) is 8.23. The zero-order chi connectivity index (χ0) is 15.2. The lowest BCUT2D eigenvalue weighted by molar-refractivity contribution is -0.117. The molecular weight excluding hydrogens is 282 g/mol. The van der Waals surface area contributed by atoms with Crippen molar-refractivity contribution >= 4 is 17.1 Å². The predicted molar refractivity (Wildman–Crippen MR) is 86.0 cm³/mol. The molecule has 1 heterocycles. The van der Waals surface area contributed by atoms with Crippen LogP contribution in [-0.4, -0.2) is 17.4 Å². The monoisotopic (exact) mass is 301 g/mol. The summed E-state index contributed by atoms with van der Waals surface area (Å²) in [6.07, 6.45) is 2.47. The van der Waals surface area contributed by atoms with E-state index in [0.29, 0.717) is 19.4 Å². The summed E-state index contributed by atoms with van der Waals surface area (Å²) >= 11 is 1.51. The molecule has 110 valence electrons. The molecule has 0 saturated heterocycles. The molecule has 0 radical (unpaired) electrons. The van der Waals surface area contributed by atoms with E-state index in [1.165, 1.54) is 11.3 Å². The Labute approximate surface area is 129 Å². The fraction of sp³-hybridized carbons (Fsp3) is 0.294. The van der Waals surface area contributed by atoms with Crippen LogP contribution in [0.2, 0.25) is 0 Å². The van der Waals surface area contributed by atoms with E-state index in [1.807, 2.05) is 37.4 Å². The summed E-state index contributed by atoms with van der Waals surface area (Å²) in [7, 11) is 0. The lowest BCUT2D eigenvalue weighted by Crippen LogP contribution is -2.09. The first-order chi connectivity index (χ1) is 10.0. The van der Waals surface area contributed by atoms with Gasteiger partial charge in [-0.05, 0) is 31.1 Å². The van der Waals surface area contributed by atoms with Gasteiger partial charge in [-0.1, -0.05) is 18.7 Å². The molecule has 0 aliphatic rings. The number of ketones is 1. The molecule has 2 rings (SSSR count). The third-order valence-corrected chi connectivity index (χ3v) is 3.70. The molecule has 0 unspecified atom stereocenters. The molecule has 0 fully saturated rings. The molecule has 21 heavy (non-hydrogen) atoms. The Bertz CT molecular complexity index is 632. The molecule has 2 aromatic rings. The van der Waals surface area contributed by atoms with Gasteiger partial charge in [0.05, 0.1) is 11.4 Å². The largest absolute Gasteiger partial charge is 0.489 e. The number of Topliss-reactive ketones (excluding diaryl/α,β-unsaturated/α-hetero) is 1. The van der Waals surface area contributed by atoms with Gasteiger partial charge in [0.25, 0.3) is 0 Å².